The molecule has 1 saturated heterocycles. The van der Waals surface area contributed by atoms with Crippen molar-refractivity contribution in [2.24, 2.45) is 0 Å². The number of likely N-dealkylation sites (tertiary alicyclic amines) is 1. The number of hydrogen-bond acceptors (Lipinski definition) is 5. The number of amides is 1. The summed E-state index contributed by atoms with van der Waals surface area (Å²) >= 11 is 5.90. The summed E-state index contributed by atoms with van der Waals surface area (Å²) in [5, 5.41) is 11.3. The molecule has 0 saturated carbocycles. The summed E-state index contributed by atoms with van der Waals surface area (Å²) in [5.74, 6) is -2.67. The molecule has 1 amide bonds. The molecule has 3 rings (SSSR count). The van der Waals surface area contributed by atoms with E-state index in [4.69, 9.17) is 16.3 Å². The third kappa shape index (κ3) is 4.17. The number of nitrogens with zero attached hydrogens (tertiary/aromatic N) is 1. The van der Waals surface area contributed by atoms with Crippen molar-refractivity contribution in [3.63, 3.8) is 0 Å². The zero-order valence-electron chi connectivity index (χ0n) is 16.0. The number of rotatable bonds is 5. The maximum Gasteiger partial charge on any atom is 0.325 e. The second kappa shape index (κ2) is 8.49. The second-order valence-electron chi connectivity index (χ2n) is 6.65. The van der Waals surface area contributed by atoms with E-state index in [2.05, 4.69) is 0 Å². The molecule has 0 aromatic heterocycles. The number of carbonyl (C=O) groups excluding carboxylic acids is 3. The summed E-state index contributed by atoms with van der Waals surface area (Å²) in [6.07, 6.45) is 0. The van der Waals surface area contributed by atoms with Crippen molar-refractivity contribution in [3.05, 3.63) is 75.8 Å². The maximum absolute atomic E-state index is 12.8. The largest absolute Gasteiger partial charge is 0.507 e. The highest BCUT2D eigenvalue weighted by molar-refractivity contribution is 6.46. The van der Waals surface area contributed by atoms with E-state index in [0.29, 0.717) is 16.1 Å². The number of Topliss-reactive ketones (excluding diaryl/α,β-unsaturated/α-hetero) is 1. The summed E-state index contributed by atoms with van der Waals surface area (Å²) in [6, 6.07) is 12.6. The molecule has 150 valence electrons. The highest BCUT2D eigenvalue weighted by Gasteiger charge is 2.46. The van der Waals surface area contributed by atoms with Crippen LogP contribution in [0.15, 0.2) is 54.1 Å². The van der Waals surface area contributed by atoms with Gasteiger partial charge in [0.1, 0.15) is 12.3 Å². The van der Waals surface area contributed by atoms with Crippen LogP contribution >= 0.6 is 11.6 Å². The Morgan fingerprint density at radius 1 is 1.10 bits per heavy atom. The van der Waals surface area contributed by atoms with Crippen LogP contribution in [0.4, 0.5) is 0 Å². The van der Waals surface area contributed by atoms with Crippen molar-refractivity contribution in [2.45, 2.75) is 19.9 Å². The number of halogens is 1. The Hall–Kier alpha value is -3.12. The Labute approximate surface area is 173 Å². The van der Waals surface area contributed by atoms with E-state index < -0.39 is 30.2 Å². The smallest absolute Gasteiger partial charge is 0.325 e. The molecule has 6 nitrogen and oxygen atoms in total. The molecule has 0 spiro atoms. The number of ketones is 1. The molecular weight excluding hydrogens is 394 g/mol. The van der Waals surface area contributed by atoms with Gasteiger partial charge in [0.05, 0.1) is 18.2 Å². The third-order valence-electron chi connectivity index (χ3n) is 4.66. The van der Waals surface area contributed by atoms with Gasteiger partial charge in [0.15, 0.2) is 0 Å². The van der Waals surface area contributed by atoms with Gasteiger partial charge in [0.2, 0.25) is 0 Å². The predicted molar refractivity (Wildman–Crippen MR) is 108 cm³/mol. The first-order valence-electron chi connectivity index (χ1n) is 9.10. The quantitative estimate of drug-likeness (QED) is 0.350. The van der Waals surface area contributed by atoms with Gasteiger partial charge in [-0.1, -0.05) is 41.4 Å². The molecule has 1 aliphatic rings. The number of aliphatic hydroxyl groups excluding tert-OH is 1. The van der Waals surface area contributed by atoms with Gasteiger partial charge in [0.25, 0.3) is 11.7 Å². The van der Waals surface area contributed by atoms with Crippen LogP contribution in [0.25, 0.3) is 5.76 Å². The lowest BCUT2D eigenvalue weighted by atomic mass is 9.95. The fourth-order valence-electron chi connectivity index (χ4n) is 3.25. The summed E-state index contributed by atoms with van der Waals surface area (Å²) in [6.45, 7) is 3.33. The lowest BCUT2D eigenvalue weighted by Crippen LogP contribution is -2.35. The summed E-state index contributed by atoms with van der Waals surface area (Å²) in [4.78, 5) is 38.7. The molecule has 1 atom stereocenters. The molecule has 1 fully saturated rings. The Morgan fingerprint density at radius 2 is 1.72 bits per heavy atom. The van der Waals surface area contributed by atoms with Crippen molar-refractivity contribution >= 4 is 35.0 Å². The number of aliphatic hydroxyl groups is 1. The molecule has 1 heterocycles. The zero-order valence-corrected chi connectivity index (χ0v) is 16.8. The first-order valence-corrected chi connectivity index (χ1v) is 9.47. The zero-order chi connectivity index (χ0) is 21.1. The van der Waals surface area contributed by atoms with E-state index in [-0.39, 0.29) is 17.9 Å². The van der Waals surface area contributed by atoms with Crippen molar-refractivity contribution in [1.29, 1.82) is 0 Å². The van der Waals surface area contributed by atoms with Crippen molar-refractivity contribution in [3.8, 4) is 0 Å². The minimum Gasteiger partial charge on any atom is -0.507 e. The minimum atomic E-state index is -0.907. The molecule has 0 bridgehead atoms. The Morgan fingerprint density at radius 3 is 2.31 bits per heavy atom. The molecule has 7 heteroatoms. The molecule has 2 aromatic rings. The fourth-order valence-corrected chi connectivity index (χ4v) is 3.37. The number of esters is 1. The van der Waals surface area contributed by atoms with Gasteiger partial charge in [-0.3, -0.25) is 14.4 Å². The summed E-state index contributed by atoms with van der Waals surface area (Å²) in [5.41, 5.74) is 1.87. The van der Waals surface area contributed by atoms with Crippen LogP contribution in [0.5, 0.6) is 0 Å². The minimum absolute atomic E-state index is 0.0783. The topological polar surface area (TPSA) is 83.9 Å². The SMILES string of the molecule is CCOC(=O)CN1C(=O)C(=O)C(=C(O)c2ccc(Cl)cc2)C1c1ccc(C)cc1. The first kappa shape index (κ1) is 20.6. The fraction of sp³-hybridized carbons (Fsp3) is 0.227. The van der Waals surface area contributed by atoms with Gasteiger partial charge in [-0.25, -0.2) is 0 Å². The Bertz CT molecular complexity index is 979. The van der Waals surface area contributed by atoms with Crippen LogP contribution < -0.4 is 0 Å². The van der Waals surface area contributed by atoms with Crippen molar-refractivity contribution < 1.29 is 24.2 Å². The van der Waals surface area contributed by atoms with Gasteiger partial charge in [-0.2, -0.15) is 0 Å². The summed E-state index contributed by atoms with van der Waals surface area (Å²) in [7, 11) is 0. The Kier molecular flexibility index (Phi) is 6.03. The number of ether oxygens (including phenoxy) is 1. The van der Waals surface area contributed by atoms with E-state index in [1.54, 1.807) is 43.3 Å². The lowest BCUT2D eigenvalue weighted by Gasteiger charge is -2.24. The van der Waals surface area contributed by atoms with Crippen LogP contribution in [-0.4, -0.2) is 40.8 Å². The highest BCUT2D eigenvalue weighted by Crippen LogP contribution is 2.39. The molecule has 0 radical (unpaired) electrons. The number of hydrogen-bond donors (Lipinski definition) is 1. The third-order valence-corrected chi connectivity index (χ3v) is 4.91. The normalized spacial score (nSPS) is 18.2. The maximum atomic E-state index is 12.8. The number of benzene rings is 2. The van der Waals surface area contributed by atoms with Crippen LogP contribution in [-0.2, 0) is 19.1 Å². The standard InChI is InChI=1S/C22H20ClNO5/c1-3-29-17(25)12-24-19(14-6-4-13(2)5-7-14)18(21(27)22(24)28)20(26)15-8-10-16(23)11-9-15/h4-11,19,26H,3,12H2,1-2H3. The second-order valence-corrected chi connectivity index (χ2v) is 7.09. The van der Waals surface area contributed by atoms with Crippen LogP contribution in [0, 0.1) is 6.92 Å². The number of aryl methyl sites for hydroxylation is 1. The van der Waals surface area contributed by atoms with Crippen LogP contribution in [0.2, 0.25) is 5.02 Å². The van der Waals surface area contributed by atoms with E-state index >= 15 is 0 Å². The Balaban J connectivity index is 2.14. The average Bonchev–Trinajstić information content (AvgIpc) is 2.94. The molecule has 2 aromatic carbocycles. The lowest BCUT2D eigenvalue weighted by molar-refractivity contribution is -0.149. The molecule has 1 N–H and O–H groups in total. The summed E-state index contributed by atoms with van der Waals surface area (Å²) < 4.78 is 4.95. The molecule has 29 heavy (non-hydrogen) atoms. The van der Waals surface area contributed by atoms with Gasteiger partial charge in [-0.15, -0.1) is 0 Å². The van der Waals surface area contributed by atoms with Gasteiger partial charge in [0, 0.05) is 10.6 Å². The highest BCUT2D eigenvalue weighted by atomic mass is 35.5. The molecule has 0 aliphatic carbocycles. The van der Waals surface area contributed by atoms with Crippen LogP contribution in [0.1, 0.15) is 29.7 Å². The van der Waals surface area contributed by atoms with Gasteiger partial charge < -0.3 is 14.7 Å². The van der Waals surface area contributed by atoms with E-state index in [1.165, 1.54) is 0 Å². The first-order chi connectivity index (χ1) is 13.8. The molecular formula is C22H20ClNO5. The molecule has 1 aliphatic heterocycles. The van der Waals surface area contributed by atoms with Crippen molar-refractivity contribution in [1.82, 2.24) is 4.90 Å². The van der Waals surface area contributed by atoms with Crippen LogP contribution in [0.3, 0.4) is 0 Å². The van der Waals surface area contributed by atoms with Gasteiger partial charge >= 0.3 is 5.97 Å². The van der Waals surface area contributed by atoms with Crippen molar-refractivity contribution in [2.75, 3.05) is 13.2 Å². The molecule has 1 unspecified atom stereocenters. The van der Waals surface area contributed by atoms with E-state index in [9.17, 15) is 19.5 Å². The van der Waals surface area contributed by atoms with E-state index in [1.807, 2.05) is 19.1 Å². The van der Waals surface area contributed by atoms with E-state index in [0.717, 1.165) is 10.5 Å². The van der Waals surface area contributed by atoms with Gasteiger partial charge in [-0.05, 0) is 43.7 Å². The monoisotopic (exact) mass is 413 g/mol. The number of carbonyl (C=O) groups is 3. The predicted octanol–water partition coefficient (Wildman–Crippen LogP) is 3.63. The average molecular weight is 414 g/mol.